The van der Waals surface area contributed by atoms with Gasteiger partial charge in [0.05, 0.1) is 12.0 Å². The molecule has 0 N–H and O–H groups in total. The average molecular weight is 231 g/mol. The van der Waals surface area contributed by atoms with Gasteiger partial charge in [0.2, 0.25) is 0 Å². The molecule has 0 spiro atoms. The topological polar surface area (TPSA) is 55.7 Å². The first-order valence-electron chi connectivity index (χ1n) is 4.58. The van der Waals surface area contributed by atoms with Crippen LogP contribution in [0.2, 0.25) is 0 Å². The molecule has 0 heterocycles. The van der Waals surface area contributed by atoms with E-state index in [0.717, 1.165) is 18.2 Å². The lowest BCUT2D eigenvalue weighted by Crippen LogP contribution is -2.01. The quantitative estimate of drug-likeness (QED) is 0.414. The third-order valence-corrected chi connectivity index (χ3v) is 2.02. The van der Waals surface area contributed by atoms with Crippen molar-refractivity contribution in [2.24, 2.45) is 5.16 Å². The van der Waals surface area contributed by atoms with Crippen LogP contribution in [-0.2, 0) is 14.4 Å². The Kier molecular flexibility index (Phi) is 5.93. The summed E-state index contributed by atoms with van der Waals surface area (Å²) in [6.45, 7) is 5.50. The van der Waals surface area contributed by atoms with E-state index in [1.165, 1.54) is 0 Å². The number of nitrogens with zero attached hydrogens (tertiary/aromatic N) is 1. The predicted molar refractivity (Wildman–Crippen MR) is 62.2 cm³/mol. The smallest absolute Gasteiger partial charge is 0.268 e. The zero-order chi connectivity index (χ0) is 11.9. The summed E-state index contributed by atoms with van der Waals surface area (Å²) in [4.78, 5) is 0. The van der Waals surface area contributed by atoms with E-state index in [2.05, 4.69) is 9.44 Å². The first-order valence-corrected chi connectivity index (χ1v) is 6.40. The number of rotatable bonds is 5. The van der Waals surface area contributed by atoms with Gasteiger partial charge in [-0.05, 0) is 32.8 Å². The lowest BCUT2D eigenvalue weighted by atomic mass is 10.1. The van der Waals surface area contributed by atoms with Gasteiger partial charge in [-0.2, -0.15) is 8.42 Å². The number of hydrogen-bond acceptors (Lipinski definition) is 4. The van der Waals surface area contributed by atoms with Crippen LogP contribution < -0.4 is 0 Å². The molecule has 0 atom stereocenters. The van der Waals surface area contributed by atoms with Crippen LogP contribution >= 0.6 is 0 Å². The van der Waals surface area contributed by atoms with Gasteiger partial charge in [0.25, 0.3) is 0 Å². The molecule has 0 saturated heterocycles. The maximum atomic E-state index is 10.7. The lowest BCUT2D eigenvalue weighted by Gasteiger charge is -1.99. The Morgan fingerprint density at radius 1 is 1.40 bits per heavy atom. The van der Waals surface area contributed by atoms with Crippen LogP contribution in [0.3, 0.4) is 0 Å². The molecule has 4 nitrogen and oxygen atoms in total. The molecule has 86 valence electrons. The summed E-state index contributed by atoms with van der Waals surface area (Å²) in [5.74, 6) is 0. The summed E-state index contributed by atoms with van der Waals surface area (Å²) in [5, 5.41) is 3.51. The average Bonchev–Trinajstić information content (AvgIpc) is 2.13. The van der Waals surface area contributed by atoms with Crippen LogP contribution in [0.15, 0.2) is 29.0 Å². The lowest BCUT2D eigenvalue weighted by molar-refractivity contribution is 0.343. The van der Waals surface area contributed by atoms with Gasteiger partial charge in [-0.25, -0.2) is 0 Å². The fraction of sp³-hybridized carbons (Fsp3) is 0.500. The summed E-state index contributed by atoms with van der Waals surface area (Å²) < 4.78 is 25.6. The minimum atomic E-state index is -3.51. The Hall–Kier alpha value is -1.10. The van der Waals surface area contributed by atoms with E-state index in [9.17, 15) is 8.42 Å². The maximum Gasteiger partial charge on any atom is 0.325 e. The molecular formula is C10H17NO3S. The van der Waals surface area contributed by atoms with E-state index in [-0.39, 0.29) is 0 Å². The molecule has 0 aliphatic rings. The minimum absolute atomic E-state index is 0.560. The Morgan fingerprint density at radius 2 is 2.00 bits per heavy atom. The molecule has 0 aromatic rings. The van der Waals surface area contributed by atoms with Crippen LogP contribution in [0.1, 0.15) is 27.2 Å². The van der Waals surface area contributed by atoms with E-state index < -0.39 is 10.1 Å². The van der Waals surface area contributed by atoms with Crippen molar-refractivity contribution in [2.45, 2.75) is 27.2 Å². The summed E-state index contributed by atoms with van der Waals surface area (Å²) in [6, 6.07) is 0. The molecule has 0 aliphatic heterocycles. The summed E-state index contributed by atoms with van der Waals surface area (Å²) in [7, 11) is -3.51. The van der Waals surface area contributed by atoms with E-state index >= 15 is 0 Å². The molecule has 0 amide bonds. The second-order valence-electron chi connectivity index (χ2n) is 3.15. The van der Waals surface area contributed by atoms with Crippen molar-refractivity contribution in [1.29, 1.82) is 0 Å². The van der Waals surface area contributed by atoms with Crippen molar-refractivity contribution in [3.63, 3.8) is 0 Å². The second-order valence-corrected chi connectivity index (χ2v) is 4.70. The normalized spacial score (nSPS) is 14.7. The van der Waals surface area contributed by atoms with Gasteiger partial charge in [-0.15, -0.1) is 0 Å². The van der Waals surface area contributed by atoms with Crippen molar-refractivity contribution < 1.29 is 12.7 Å². The van der Waals surface area contributed by atoms with Crippen LogP contribution in [0.5, 0.6) is 0 Å². The van der Waals surface area contributed by atoms with Gasteiger partial charge in [0.15, 0.2) is 0 Å². The zero-order valence-corrected chi connectivity index (χ0v) is 10.3. The molecule has 0 unspecified atom stereocenters. The molecule has 0 aromatic heterocycles. The van der Waals surface area contributed by atoms with Crippen molar-refractivity contribution in [1.82, 2.24) is 0 Å². The van der Waals surface area contributed by atoms with Crippen LogP contribution in [-0.4, -0.2) is 20.4 Å². The van der Waals surface area contributed by atoms with Crippen molar-refractivity contribution in [2.75, 3.05) is 6.26 Å². The molecule has 0 aliphatic carbocycles. The largest absolute Gasteiger partial charge is 0.325 e. The molecule has 0 bridgehead atoms. The highest BCUT2D eigenvalue weighted by molar-refractivity contribution is 7.85. The highest BCUT2D eigenvalue weighted by atomic mass is 32.2. The minimum Gasteiger partial charge on any atom is -0.268 e. The monoisotopic (exact) mass is 231 g/mol. The first-order chi connectivity index (χ1) is 6.87. The molecule has 15 heavy (non-hydrogen) atoms. The van der Waals surface area contributed by atoms with Crippen LogP contribution in [0, 0.1) is 0 Å². The van der Waals surface area contributed by atoms with Gasteiger partial charge in [0, 0.05) is 0 Å². The predicted octanol–water partition coefficient (Wildman–Crippen LogP) is 2.25. The third-order valence-electron chi connectivity index (χ3n) is 1.68. The maximum absolute atomic E-state index is 10.7. The molecule has 0 aromatic carbocycles. The van der Waals surface area contributed by atoms with Gasteiger partial charge < -0.3 is 0 Å². The van der Waals surface area contributed by atoms with Crippen molar-refractivity contribution >= 4 is 15.8 Å². The summed E-state index contributed by atoms with van der Waals surface area (Å²) >= 11 is 0. The zero-order valence-electron chi connectivity index (χ0n) is 9.52. The van der Waals surface area contributed by atoms with Crippen LogP contribution in [0.25, 0.3) is 0 Å². The van der Waals surface area contributed by atoms with Gasteiger partial charge in [-0.1, -0.05) is 23.4 Å². The highest BCUT2D eigenvalue weighted by Crippen LogP contribution is 2.01. The van der Waals surface area contributed by atoms with Gasteiger partial charge >= 0.3 is 10.1 Å². The van der Waals surface area contributed by atoms with E-state index in [4.69, 9.17) is 0 Å². The van der Waals surface area contributed by atoms with Crippen molar-refractivity contribution in [3.8, 4) is 0 Å². The molecule has 0 rings (SSSR count). The van der Waals surface area contributed by atoms with Crippen molar-refractivity contribution in [3.05, 3.63) is 23.8 Å². The summed E-state index contributed by atoms with van der Waals surface area (Å²) in [6.07, 6.45) is 7.65. The summed E-state index contributed by atoms with van der Waals surface area (Å²) in [5.41, 5.74) is 1.46. The highest BCUT2D eigenvalue weighted by Gasteiger charge is 2.01. The molecule has 0 radical (unpaired) electrons. The number of hydrogen-bond donors (Lipinski definition) is 0. The Labute approximate surface area is 91.4 Å². The van der Waals surface area contributed by atoms with Crippen LogP contribution in [0.4, 0.5) is 0 Å². The molecular weight excluding hydrogens is 214 g/mol. The molecule has 0 saturated carbocycles. The second kappa shape index (κ2) is 6.40. The third kappa shape index (κ3) is 7.93. The Morgan fingerprint density at radius 3 is 2.47 bits per heavy atom. The van der Waals surface area contributed by atoms with Gasteiger partial charge in [-0.3, -0.25) is 4.28 Å². The molecule has 5 heteroatoms. The number of oxime groups is 1. The Balaban J connectivity index is 4.43. The Bertz CT molecular complexity index is 377. The van der Waals surface area contributed by atoms with Gasteiger partial charge in [0.1, 0.15) is 0 Å². The fourth-order valence-electron chi connectivity index (χ4n) is 0.724. The van der Waals surface area contributed by atoms with E-state index in [0.29, 0.717) is 5.71 Å². The number of allylic oxidation sites excluding steroid dienone is 4. The SMILES string of the molecule is C/C=C/C/C=C(C)\C(C)=N\OS(C)(=O)=O. The standard InChI is InChI=1S/C10H17NO3S/c1-5-6-7-8-9(2)10(3)11-14-15(4,12)13/h5-6,8H,7H2,1-4H3/b6-5+,9-8-,11-10+. The fourth-order valence-corrected chi connectivity index (χ4v) is 0.971. The molecule has 0 fully saturated rings. The van der Waals surface area contributed by atoms with E-state index in [1.54, 1.807) is 6.92 Å². The first kappa shape index (κ1) is 13.9. The van der Waals surface area contributed by atoms with E-state index in [1.807, 2.05) is 32.1 Å².